The molecule has 0 radical (unpaired) electrons. The Hall–Kier alpha value is -3.55. The smallest absolute Gasteiger partial charge is 0.310 e. The van der Waals surface area contributed by atoms with Crippen LogP contribution in [0.3, 0.4) is 0 Å². The number of amides is 2. The summed E-state index contributed by atoms with van der Waals surface area (Å²) in [7, 11) is 0. The van der Waals surface area contributed by atoms with Crippen molar-refractivity contribution in [3.05, 3.63) is 48.0 Å². The third-order valence-corrected chi connectivity index (χ3v) is 3.81. The van der Waals surface area contributed by atoms with Crippen LogP contribution in [0.4, 0.5) is 11.4 Å². The summed E-state index contributed by atoms with van der Waals surface area (Å²) < 4.78 is 15.9. The molecule has 8 heteroatoms. The molecule has 1 aliphatic rings. The van der Waals surface area contributed by atoms with Gasteiger partial charge in [-0.05, 0) is 42.0 Å². The number of carbonyl (C=O) groups is 3. The topological polar surface area (TPSA) is 103 Å². The molecule has 0 spiro atoms. The summed E-state index contributed by atoms with van der Waals surface area (Å²) in [6.07, 6.45) is 0.0231. The molecule has 1 aliphatic heterocycles. The quantitative estimate of drug-likeness (QED) is 0.740. The van der Waals surface area contributed by atoms with Crippen LogP contribution in [0, 0.1) is 0 Å². The summed E-state index contributed by atoms with van der Waals surface area (Å²) in [5, 5.41) is 5.25. The van der Waals surface area contributed by atoms with E-state index in [1.54, 1.807) is 42.5 Å². The molecule has 146 valence electrons. The molecule has 2 amide bonds. The molecule has 1 heterocycles. The Morgan fingerprint density at radius 2 is 1.57 bits per heavy atom. The van der Waals surface area contributed by atoms with Crippen molar-refractivity contribution < 1.29 is 28.6 Å². The van der Waals surface area contributed by atoms with Gasteiger partial charge in [0.1, 0.15) is 13.2 Å². The molecule has 0 aromatic heterocycles. The maximum atomic E-state index is 12.0. The normalized spacial score (nSPS) is 12.0. The molecule has 0 bridgehead atoms. The van der Waals surface area contributed by atoms with Crippen molar-refractivity contribution in [2.24, 2.45) is 0 Å². The summed E-state index contributed by atoms with van der Waals surface area (Å²) in [6, 6.07) is 11.8. The Morgan fingerprint density at radius 1 is 0.929 bits per heavy atom. The van der Waals surface area contributed by atoms with Gasteiger partial charge in [0.2, 0.25) is 5.91 Å². The number of hydrogen-bond acceptors (Lipinski definition) is 6. The highest BCUT2D eigenvalue weighted by atomic mass is 16.6. The van der Waals surface area contributed by atoms with Crippen molar-refractivity contribution in [3.8, 4) is 11.5 Å². The summed E-state index contributed by atoms with van der Waals surface area (Å²) in [5.41, 5.74) is 1.86. The van der Waals surface area contributed by atoms with Gasteiger partial charge in [-0.1, -0.05) is 6.07 Å². The van der Waals surface area contributed by atoms with Crippen molar-refractivity contribution in [1.82, 2.24) is 0 Å². The minimum atomic E-state index is -0.521. The van der Waals surface area contributed by atoms with Crippen molar-refractivity contribution in [3.63, 3.8) is 0 Å². The van der Waals surface area contributed by atoms with E-state index in [9.17, 15) is 14.4 Å². The molecule has 0 fully saturated rings. The monoisotopic (exact) mass is 384 g/mol. The van der Waals surface area contributed by atoms with E-state index in [2.05, 4.69) is 10.6 Å². The molecule has 0 saturated carbocycles. The molecule has 2 aromatic rings. The number of esters is 1. The van der Waals surface area contributed by atoms with Gasteiger partial charge >= 0.3 is 5.97 Å². The van der Waals surface area contributed by atoms with E-state index in [4.69, 9.17) is 14.2 Å². The van der Waals surface area contributed by atoms with Gasteiger partial charge in [0.15, 0.2) is 18.1 Å². The fourth-order valence-electron chi connectivity index (χ4n) is 2.60. The zero-order valence-corrected chi connectivity index (χ0v) is 15.3. The second-order valence-electron chi connectivity index (χ2n) is 6.12. The van der Waals surface area contributed by atoms with Crippen molar-refractivity contribution in [2.45, 2.75) is 13.3 Å². The highest BCUT2D eigenvalue weighted by Crippen LogP contribution is 2.30. The van der Waals surface area contributed by atoms with Crippen LogP contribution in [0.25, 0.3) is 0 Å². The first-order chi connectivity index (χ1) is 13.5. The molecule has 0 unspecified atom stereocenters. The predicted molar refractivity (Wildman–Crippen MR) is 101 cm³/mol. The maximum Gasteiger partial charge on any atom is 0.310 e. The summed E-state index contributed by atoms with van der Waals surface area (Å²) in [5.74, 6) is 0.0848. The Morgan fingerprint density at radius 3 is 2.25 bits per heavy atom. The van der Waals surface area contributed by atoms with Gasteiger partial charge in [-0.15, -0.1) is 0 Å². The van der Waals surface area contributed by atoms with E-state index in [0.717, 1.165) is 0 Å². The maximum absolute atomic E-state index is 12.0. The number of ether oxygens (including phenoxy) is 3. The van der Waals surface area contributed by atoms with Crippen LogP contribution in [0.15, 0.2) is 42.5 Å². The molecule has 0 saturated heterocycles. The lowest BCUT2D eigenvalue weighted by molar-refractivity contribution is -0.146. The molecule has 0 atom stereocenters. The lowest BCUT2D eigenvalue weighted by Gasteiger charge is -2.18. The number of hydrogen-bond donors (Lipinski definition) is 2. The number of benzene rings is 2. The number of anilines is 2. The van der Waals surface area contributed by atoms with Crippen LogP contribution >= 0.6 is 0 Å². The first-order valence-corrected chi connectivity index (χ1v) is 8.71. The molecular weight excluding hydrogens is 364 g/mol. The summed E-state index contributed by atoms with van der Waals surface area (Å²) in [4.78, 5) is 34.9. The minimum Gasteiger partial charge on any atom is -0.486 e. The minimum absolute atomic E-state index is 0.0231. The van der Waals surface area contributed by atoms with Crippen LogP contribution in [-0.2, 0) is 25.5 Å². The van der Waals surface area contributed by atoms with Crippen molar-refractivity contribution in [2.75, 3.05) is 30.5 Å². The van der Waals surface area contributed by atoms with Crippen LogP contribution < -0.4 is 20.1 Å². The molecule has 2 N–H and O–H groups in total. The average molecular weight is 384 g/mol. The van der Waals surface area contributed by atoms with Gasteiger partial charge in [-0.3, -0.25) is 14.4 Å². The molecule has 0 aliphatic carbocycles. The predicted octanol–water partition coefficient (Wildman–Crippen LogP) is 2.14. The van der Waals surface area contributed by atoms with Crippen LogP contribution in [0.1, 0.15) is 12.5 Å². The van der Waals surface area contributed by atoms with E-state index in [1.165, 1.54) is 6.92 Å². The van der Waals surface area contributed by atoms with E-state index < -0.39 is 18.5 Å². The highest BCUT2D eigenvalue weighted by Gasteiger charge is 2.14. The van der Waals surface area contributed by atoms with Crippen LogP contribution in [0.5, 0.6) is 11.5 Å². The van der Waals surface area contributed by atoms with Crippen molar-refractivity contribution >= 4 is 29.2 Å². The van der Waals surface area contributed by atoms with Gasteiger partial charge < -0.3 is 24.8 Å². The van der Waals surface area contributed by atoms with Gasteiger partial charge in [0.25, 0.3) is 5.91 Å². The van der Waals surface area contributed by atoms with E-state index in [0.29, 0.717) is 41.7 Å². The number of fused-ring (bicyclic) bond motifs is 1. The first kappa shape index (κ1) is 19.2. The lowest BCUT2D eigenvalue weighted by atomic mass is 10.1. The van der Waals surface area contributed by atoms with Gasteiger partial charge in [0.05, 0.1) is 6.42 Å². The summed E-state index contributed by atoms with van der Waals surface area (Å²) in [6.45, 7) is 1.98. The highest BCUT2D eigenvalue weighted by molar-refractivity contribution is 5.93. The molecule has 2 aromatic carbocycles. The fraction of sp³-hybridized carbons (Fsp3) is 0.250. The first-order valence-electron chi connectivity index (χ1n) is 8.71. The lowest BCUT2D eigenvalue weighted by Crippen LogP contribution is -2.21. The average Bonchev–Trinajstić information content (AvgIpc) is 2.67. The zero-order valence-electron chi connectivity index (χ0n) is 15.3. The van der Waals surface area contributed by atoms with E-state index in [1.807, 2.05) is 0 Å². The zero-order chi connectivity index (χ0) is 19.9. The molecular formula is C20H20N2O6. The van der Waals surface area contributed by atoms with Crippen LogP contribution in [-0.4, -0.2) is 37.6 Å². The Bertz CT molecular complexity index is 879. The third-order valence-electron chi connectivity index (χ3n) is 3.81. The van der Waals surface area contributed by atoms with Crippen molar-refractivity contribution in [1.29, 1.82) is 0 Å². The third kappa shape index (κ3) is 5.47. The van der Waals surface area contributed by atoms with E-state index >= 15 is 0 Å². The molecule has 8 nitrogen and oxygen atoms in total. The van der Waals surface area contributed by atoms with Gasteiger partial charge in [-0.25, -0.2) is 0 Å². The number of rotatable bonds is 6. The SMILES string of the molecule is CC(=O)Nc1ccc(NC(=O)COC(=O)Cc2ccc3c(c2)OCCO3)cc1. The van der Waals surface area contributed by atoms with Gasteiger partial charge in [0, 0.05) is 18.3 Å². The second-order valence-corrected chi connectivity index (χ2v) is 6.12. The molecule has 3 rings (SSSR count). The largest absolute Gasteiger partial charge is 0.486 e. The number of nitrogens with one attached hydrogen (secondary N) is 2. The van der Waals surface area contributed by atoms with Crippen LogP contribution in [0.2, 0.25) is 0 Å². The molecule has 28 heavy (non-hydrogen) atoms. The second kappa shape index (κ2) is 8.90. The Kier molecular flexibility index (Phi) is 6.11. The Balaban J connectivity index is 1.45. The standard InChI is InChI=1S/C20H20N2O6/c1-13(23)21-15-3-5-16(6-4-15)22-19(24)12-28-20(25)11-14-2-7-17-18(10-14)27-9-8-26-17/h2-7,10H,8-9,11-12H2,1H3,(H,21,23)(H,22,24). The van der Waals surface area contributed by atoms with E-state index in [-0.39, 0.29) is 12.3 Å². The number of carbonyl (C=O) groups excluding carboxylic acids is 3. The fourth-order valence-corrected chi connectivity index (χ4v) is 2.60. The Labute approximate surface area is 161 Å². The summed E-state index contributed by atoms with van der Waals surface area (Å²) >= 11 is 0. The van der Waals surface area contributed by atoms with Gasteiger partial charge in [-0.2, -0.15) is 0 Å².